The maximum absolute atomic E-state index is 11.8. The van der Waals surface area contributed by atoms with Gasteiger partial charge in [0.25, 0.3) is 0 Å². The van der Waals surface area contributed by atoms with Crippen molar-refractivity contribution in [1.29, 1.82) is 0 Å². The van der Waals surface area contributed by atoms with Gasteiger partial charge in [0.15, 0.2) is 5.16 Å². The molecule has 0 aromatic carbocycles. The van der Waals surface area contributed by atoms with Crippen LogP contribution >= 0.6 is 34.4 Å². The normalized spacial score (nSPS) is 10.6. The van der Waals surface area contributed by atoms with Gasteiger partial charge < -0.3 is 10.3 Å². The molecule has 3 heterocycles. The van der Waals surface area contributed by atoms with Gasteiger partial charge in [-0.15, -0.1) is 22.7 Å². The fourth-order valence-corrected chi connectivity index (χ4v) is 4.23. The van der Waals surface area contributed by atoms with Crippen LogP contribution in [-0.4, -0.2) is 34.2 Å². The summed E-state index contributed by atoms with van der Waals surface area (Å²) in [5.41, 5.74) is 1.83. The summed E-state index contributed by atoms with van der Waals surface area (Å²) in [6.45, 7) is 2.26. The number of rotatable bonds is 6. The molecular formula is C16H16N4O2S3. The molecule has 0 saturated heterocycles. The fraction of sp³-hybridized carbons (Fsp3) is 0.188. The van der Waals surface area contributed by atoms with Gasteiger partial charge in [0, 0.05) is 6.54 Å². The van der Waals surface area contributed by atoms with Crippen molar-refractivity contribution in [3.63, 3.8) is 0 Å². The number of thiophene rings is 2. The van der Waals surface area contributed by atoms with Gasteiger partial charge in [0.1, 0.15) is 5.69 Å². The first-order chi connectivity index (χ1) is 12.2. The summed E-state index contributed by atoms with van der Waals surface area (Å²) in [5.74, 6) is -0.249. The average Bonchev–Trinajstić information content (AvgIpc) is 3.32. The second-order valence-electron chi connectivity index (χ2n) is 4.92. The molecule has 130 valence electrons. The molecule has 0 aliphatic heterocycles. The molecule has 0 spiro atoms. The molecule has 6 nitrogen and oxygen atoms in total. The average molecular weight is 393 g/mol. The van der Waals surface area contributed by atoms with E-state index in [4.69, 9.17) is 0 Å². The van der Waals surface area contributed by atoms with Crippen LogP contribution in [0.5, 0.6) is 0 Å². The third kappa shape index (κ3) is 4.50. The van der Waals surface area contributed by atoms with Crippen molar-refractivity contribution < 1.29 is 9.59 Å². The van der Waals surface area contributed by atoms with Crippen LogP contribution in [0.1, 0.15) is 6.92 Å². The molecule has 3 amide bonds. The first-order valence-corrected chi connectivity index (χ1v) is 10.3. The highest BCUT2D eigenvalue weighted by Gasteiger charge is 2.17. The van der Waals surface area contributed by atoms with Gasteiger partial charge >= 0.3 is 6.03 Å². The lowest BCUT2D eigenvalue weighted by Gasteiger charge is -2.03. The number of imide groups is 1. The monoisotopic (exact) mass is 392 g/mol. The van der Waals surface area contributed by atoms with Crippen molar-refractivity contribution >= 4 is 46.4 Å². The van der Waals surface area contributed by atoms with E-state index >= 15 is 0 Å². The van der Waals surface area contributed by atoms with E-state index in [1.54, 1.807) is 29.6 Å². The lowest BCUT2D eigenvalue weighted by Crippen LogP contribution is -2.40. The Morgan fingerprint density at radius 1 is 1.20 bits per heavy atom. The standard InChI is InChI=1S/C16H16N4O2S3/c1-2-17-15(22)18-12(21)9-25-16-19-13(10-5-3-7-23-10)14(20-16)11-6-4-8-24-11/h3-8H,2,9H2,1H3,(H,19,20)(H2,17,18,21,22). The van der Waals surface area contributed by atoms with Crippen LogP contribution < -0.4 is 10.6 Å². The topological polar surface area (TPSA) is 86.9 Å². The molecule has 0 aliphatic carbocycles. The molecule has 3 aromatic heterocycles. The number of aromatic nitrogens is 2. The van der Waals surface area contributed by atoms with Crippen molar-refractivity contribution in [2.45, 2.75) is 12.1 Å². The van der Waals surface area contributed by atoms with Crippen LogP contribution in [0.3, 0.4) is 0 Å². The number of carbonyl (C=O) groups is 2. The van der Waals surface area contributed by atoms with Crippen LogP contribution in [0.4, 0.5) is 4.79 Å². The molecule has 0 saturated carbocycles. The van der Waals surface area contributed by atoms with Crippen molar-refractivity contribution in [1.82, 2.24) is 20.6 Å². The Kier molecular flexibility index (Phi) is 5.90. The predicted molar refractivity (Wildman–Crippen MR) is 103 cm³/mol. The molecule has 0 aliphatic rings. The van der Waals surface area contributed by atoms with Gasteiger partial charge in [0.2, 0.25) is 5.91 Å². The summed E-state index contributed by atoms with van der Waals surface area (Å²) in [4.78, 5) is 33.3. The second-order valence-corrected chi connectivity index (χ2v) is 7.78. The van der Waals surface area contributed by atoms with Gasteiger partial charge in [0.05, 0.1) is 21.2 Å². The number of hydrogen-bond donors (Lipinski definition) is 3. The molecule has 9 heteroatoms. The van der Waals surface area contributed by atoms with E-state index in [2.05, 4.69) is 20.6 Å². The number of amides is 3. The Hall–Kier alpha value is -2.10. The quantitative estimate of drug-likeness (QED) is 0.557. The first-order valence-electron chi connectivity index (χ1n) is 7.55. The fourth-order valence-electron chi connectivity index (χ4n) is 2.11. The molecule has 0 atom stereocenters. The second kappa shape index (κ2) is 8.32. The van der Waals surface area contributed by atoms with Crippen LogP contribution in [0.25, 0.3) is 21.1 Å². The summed E-state index contributed by atoms with van der Waals surface area (Å²) in [6.07, 6.45) is 0. The summed E-state index contributed by atoms with van der Waals surface area (Å²) in [6, 6.07) is 7.55. The van der Waals surface area contributed by atoms with Crippen molar-refractivity contribution in [3.8, 4) is 21.1 Å². The maximum Gasteiger partial charge on any atom is 0.321 e. The van der Waals surface area contributed by atoms with Gasteiger partial charge in [-0.05, 0) is 29.8 Å². The summed E-state index contributed by atoms with van der Waals surface area (Å²) >= 11 is 4.52. The van der Waals surface area contributed by atoms with Gasteiger partial charge in [-0.3, -0.25) is 10.1 Å². The zero-order valence-electron chi connectivity index (χ0n) is 13.4. The van der Waals surface area contributed by atoms with Crippen molar-refractivity contribution in [2.24, 2.45) is 0 Å². The SMILES string of the molecule is CCNC(=O)NC(=O)CSc1nc(-c2cccs2)c(-c2cccs2)[nH]1. The maximum atomic E-state index is 11.8. The highest BCUT2D eigenvalue weighted by atomic mass is 32.2. The number of H-pyrrole nitrogens is 1. The Labute approximate surface area is 157 Å². The third-order valence-corrected chi connectivity index (χ3v) is 5.77. The molecule has 3 N–H and O–H groups in total. The van der Waals surface area contributed by atoms with Crippen molar-refractivity contribution in [3.05, 3.63) is 35.0 Å². The number of hydrogen-bond acceptors (Lipinski definition) is 6. The number of nitrogens with zero attached hydrogens (tertiary/aromatic N) is 1. The number of nitrogens with one attached hydrogen (secondary N) is 3. The first kappa shape index (κ1) is 17.7. The van der Waals surface area contributed by atoms with Gasteiger partial charge in [-0.1, -0.05) is 23.9 Å². The lowest BCUT2D eigenvalue weighted by molar-refractivity contribution is -0.117. The summed E-state index contributed by atoms with van der Waals surface area (Å²) < 4.78 is 0. The van der Waals surface area contributed by atoms with Crippen LogP contribution in [-0.2, 0) is 4.79 Å². The Bertz CT molecular complexity index is 789. The minimum atomic E-state index is -0.480. The molecule has 25 heavy (non-hydrogen) atoms. The minimum absolute atomic E-state index is 0.110. The Morgan fingerprint density at radius 2 is 1.92 bits per heavy atom. The lowest BCUT2D eigenvalue weighted by atomic mass is 10.2. The smallest absolute Gasteiger partial charge is 0.321 e. The van der Waals surface area contributed by atoms with E-state index in [1.807, 2.05) is 35.0 Å². The van der Waals surface area contributed by atoms with E-state index in [0.29, 0.717) is 11.7 Å². The number of thioether (sulfide) groups is 1. The van der Waals surface area contributed by atoms with E-state index in [1.165, 1.54) is 11.8 Å². The Balaban J connectivity index is 1.74. The van der Waals surface area contributed by atoms with E-state index in [0.717, 1.165) is 21.1 Å². The minimum Gasteiger partial charge on any atom is -0.338 e. The van der Waals surface area contributed by atoms with E-state index < -0.39 is 6.03 Å². The van der Waals surface area contributed by atoms with Gasteiger partial charge in [-0.2, -0.15) is 0 Å². The predicted octanol–water partition coefficient (Wildman–Crippen LogP) is 3.80. The summed E-state index contributed by atoms with van der Waals surface area (Å²) in [7, 11) is 0. The van der Waals surface area contributed by atoms with Crippen LogP contribution in [0.2, 0.25) is 0 Å². The molecule has 3 rings (SSSR count). The number of imidazole rings is 1. The zero-order valence-corrected chi connectivity index (χ0v) is 15.8. The van der Waals surface area contributed by atoms with E-state index in [-0.39, 0.29) is 11.7 Å². The largest absolute Gasteiger partial charge is 0.338 e. The van der Waals surface area contributed by atoms with E-state index in [9.17, 15) is 9.59 Å². The zero-order chi connectivity index (χ0) is 17.6. The molecule has 0 radical (unpaired) electrons. The van der Waals surface area contributed by atoms with Crippen molar-refractivity contribution in [2.75, 3.05) is 12.3 Å². The number of carbonyl (C=O) groups excluding carboxylic acids is 2. The molecular weight excluding hydrogens is 376 g/mol. The highest BCUT2D eigenvalue weighted by Crippen LogP contribution is 2.36. The molecule has 0 unspecified atom stereocenters. The highest BCUT2D eigenvalue weighted by molar-refractivity contribution is 7.99. The third-order valence-electron chi connectivity index (χ3n) is 3.13. The van der Waals surface area contributed by atoms with Crippen LogP contribution in [0.15, 0.2) is 40.2 Å². The number of aromatic amines is 1. The molecule has 0 bridgehead atoms. The number of urea groups is 1. The summed E-state index contributed by atoms with van der Waals surface area (Å²) in [5, 5.41) is 9.48. The van der Waals surface area contributed by atoms with Gasteiger partial charge in [-0.25, -0.2) is 9.78 Å². The van der Waals surface area contributed by atoms with Crippen LogP contribution in [0, 0.1) is 0 Å². The Morgan fingerprint density at radius 3 is 2.56 bits per heavy atom. The molecule has 0 fully saturated rings. The molecule has 3 aromatic rings.